The maximum absolute atomic E-state index is 12.1. The number of allylic oxidation sites excluding steroid dienone is 4. The molecule has 1 N–H and O–H groups in total. The van der Waals surface area contributed by atoms with Gasteiger partial charge in [0.25, 0.3) is 0 Å². The smallest absolute Gasteiger partial charge is 0.240 e. The van der Waals surface area contributed by atoms with Gasteiger partial charge in [-0.15, -0.1) is 0 Å². The van der Waals surface area contributed by atoms with Crippen molar-refractivity contribution in [2.24, 2.45) is 4.99 Å². The highest BCUT2D eigenvalue weighted by atomic mass is 16.2. The molecular weight excluding hydrogens is 238 g/mol. The summed E-state index contributed by atoms with van der Waals surface area (Å²) in [6.07, 6.45) is 11.6. The molecule has 0 aromatic rings. The van der Waals surface area contributed by atoms with Gasteiger partial charge < -0.3 is 10.2 Å². The minimum atomic E-state index is 0.101. The van der Waals surface area contributed by atoms with E-state index in [0.717, 1.165) is 17.8 Å². The third kappa shape index (κ3) is 4.03. The maximum atomic E-state index is 12.1. The predicted molar refractivity (Wildman–Crippen MR) is 78.0 cm³/mol. The van der Waals surface area contributed by atoms with E-state index >= 15 is 0 Å². The minimum absolute atomic E-state index is 0.101. The number of aliphatic imine (C=N–C) groups is 1. The van der Waals surface area contributed by atoms with E-state index in [4.69, 9.17) is 0 Å². The van der Waals surface area contributed by atoms with Crippen molar-refractivity contribution >= 4 is 12.1 Å². The Morgan fingerprint density at radius 3 is 2.89 bits per heavy atom. The van der Waals surface area contributed by atoms with Gasteiger partial charge in [0.15, 0.2) is 0 Å². The topological polar surface area (TPSA) is 44.7 Å². The van der Waals surface area contributed by atoms with Crippen LogP contribution in [-0.4, -0.2) is 36.7 Å². The Morgan fingerprint density at radius 1 is 1.42 bits per heavy atom. The molecule has 0 radical (unpaired) electrons. The number of nitrogens with zero attached hydrogens (tertiary/aromatic N) is 2. The number of likely N-dealkylation sites (N-methyl/N-ethyl adjacent to an activating group) is 1. The molecule has 1 aliphatic carbocycles. The van der Waals surface area contributed by atoms with E-state index in [1.54, 1.807) is 11.1 Å². The van der Waals surface area contributed by atoms with Gasteiger partial charge in [0.1, 0.15) is 0 Å². The average Bonchev–Trinajstić information content (AvgIpc) is 2.83. The van der Waals surface area contributed by atoms with Crippen LogP contribution in [0.5, 0.6) is 0 Å². The molecule has 4 nitrogen and oxygen atoms in total. The number of carbonyl (C=O) groups is 1. The van der Waals surface area contributed by atoms with Crippen LogP contribution in [0, 0.1) is 0 Å². The number of nitrogens with one attached hydrogen (secondary N) is 1. The van der Waals surface area contributed by atoms with Crippen LogP contribution in [0.15, 0.2) is 28.5 Å². The first-order valence-electron chi connectivity index (χ1n) is 7.08. The summed E-state index contributed by atoms with van der Waals surface area (Å²) < 4.78 is 0. The summed E-state index contributed by atoms with van der Waals surface area (Å²) in [5.74, 6) is 0.101. The Bertz CT molecular complexity index is 417. The van der Waals surface area contributed by atoms with Crippen molar-refractivity contribution in [1.29, 1.82) is 0 Å². The average molecular weight is 261 g/mol. The number of hydrogen-bond donors (Lipinski definition) is 1. The molecule has 0 aromatic carbocycles. The molecule has 19 heavy (non-hydrogen) atoms. The van der Waals surface area contributed by atoms with E-state index < -0.39 is 0 Å². The Labute approximate surface area is 115 Å². The van der Waals surface area contributed by atoms with E-state index in [-0.39, 0.29) is 5.91 Å². The van der Waals surface area contributed by atoms with Gasteiger partial charge in [-0.1, -0.05) is 25.0 Å². The molecule has 1 heterocycles. The van der Waals surface area contributed by atoms with E-state index in [1.165, 1.54) is 25.7 Å². The molecule has 104 valence electrons. The van der Waals surface area contributed by atoms with Crippen molar-refractivity contribution in [2.75, 3.05) is 13.6 Å². The lowest BCUT2D eigenvalue weighted by molar-refractivity contribution is -0.127. The van der Waals surface area contributed by atoms with Crippen molar-refractivity contribution in [1.82, 2.24) is 10.2 Å². The van der Waals surface area contributed by atoms with E-state index in [1.807, 2.05) is 20.0 Å². The molecule has 2 rings (SSSR count). The number of amides is 1. The summed E-state index contributed by atoms with van der Waals surface area (Å²) in [4.78, 5) is 18.1. The first kappa shape index (κ1) is 14.0. The number of rotatable bonds is 4. The van der Waals surface area contributed by atoms with Crippen molar-refractivity contribution in [3.63, 3.8) is 0 Å². The van der Waals surface area contributed by atoms with Gasteiger partial charge >= 0.3 is 0 Å². The summed E-state index contributed by atoms with van der Waals surface area (Å²) in [6.45, 7) is 2.38. The van der Waals surface area contributed by atoms with Gasteiger partial charge in [-0.05, 0) is 26.2 Å². The van der Waals surface area contributed by atoms with Crippen molar-refractivity contribution in [3.05, 3.63) is 23.5 Å². The fraction of sp³-hybridized carbons (Fsp3) is 0.600. The molecule has 1 amide bonds. The summed E-state index contributed by atoms with van der Waals surface area (Å²) >= 11 is 0. The van der Waals surface area contributed by atoms with Crippen LogP contribution in [0.2, 0.25) is 0 Å². The lowest BCUT2D eigenvalue weighted by Gasteiger charge is -2.19. The van der Waals surface area contributed by atoms with Crippen molar-refractivity contribution in [3.8, 4) is 0 Å². The van der Waals surface area contributed by atoms with E-state index in [0.29, 0.717) is 12.6 Å². The van der Waals surface area contributed by atoms with Crippen LogP contribution in [-0.2, 0) is 4.79 Å². The van der Waals surface area contributed by atoms with Crippen LogP contribution in [0.1, 0.15) is 39.0 Å². The third-order valence-corrected chi connectivity index (χ3v) is 3.80. The Hall–Kier alpha value is -1.42. The highest BCUT2D eigenvalue weighted by Crippen LogP contribution is 2.17. The molecule has 1 aliphatic heterocycles. The lowest BCUT2D eigenvalue weighted by atomic mass is 10.2. The molecule has 4 heteroatoms. The summed E-state index contributed by atoms with van der Waals surface area (Å²) in [7, 11) is 1.82. The van der Waals surface area contributed by atoms with Gasteiger partial charge in [-0.25, -0.2) is 0 Å². The number of hydrogen-bond acceptors (Lipinski definition) is 3. The second-order valence-corrected chi connectivity index (χ2v) is 5.28. The monoisotopic (exact) mass is 261 g/mol. The molecular formula is C15H23N3O. The summed E-state index contributed by atoms with van der Waals surface area (Å²) in [5, 5.41) is 3.35. The van der Waals surface area contributed by atoms with Crippen LogP contribution >= 0.6 is 0 Å². The SMILES string of the molecule is CC1=CCC=C(N(C)C(=O)CNC2CCCC2)C=N1. The van der Waals surface area contributed by atoms with E-state index in [9.17, 15) is 4.79 Å². The second kappa shape index (κ2) is 6.66. The highest BCUT2D eigenvalue weighted by Gasteiger charge is 2.17. The minimum Gasteiger partial charge on any atom is -0.313 e. The standard InChI is InChI=1S/C15H23N3O/c1-12-6-5-9-14(10-16-12)18(2)15(19)11-17-13-7-3-4-8-13/h6,9-10,13,17H,3-5,7-8,11H2,1-2H3. The quantitative estimate of drug-likeness (QED) is 0.843. The molecule has 2 aliphatic rings. The largest absolute Gasteiger partial charge is 0.313 e. The predicted octanol–water partition coefficient (Wildman–Crippen LogP) is 2.24. The first-order valence-corrected chi connectivity index (χ1v) is 7.08. The number of carbonyl (C=O) groups excluding carboxylic acids is 1. The fourth-order valence-corrected chi connectivity index (χ4v) is 2.47. The van der Waals surface area contributed by atoms with Crippen LogP contribution < -0.4 is 5.32 Å². The summed E-state index contributed by atoms with van der Waals surface area (Å²) in [6, 6.07) is 0.526. The normalized spacial score (nSPS) is 19.9. The highest BCUT2D eigenvalue weighted by molar-refractivity contribution is 5.89. The van der Waals surface area contributed by atoms with Gasteiger partial charge in [-0.3, -0.25) is 9.79 Å². The first-order chi connectivity index (χ1) is 9.16. The van der Waals surface area contributed by atoms with E-state index in [2.05, 4.69) is 16.4 Å². The molecule has 0 atom stereocenters. The van der Waals surface area contributed by atoms with Gasteiger partial charge in [0.2, 0.25) is 5.91 Å². The fourth-order valence-electron chi connectivity index (χ4n) is 2.47. The van der Waals surface area contributed by atoms with Crippen molar-refractivity contribution < 1.29 is 4.79 Å². The molecule has 1 fully saturated rings. The zero-order valence-electron chi connectivity index (χ0n) is 11.9. The molecule has 0 spiro atoms. The Kier molecular flexibility index (Phi) is 4.91. The van der Waals surface area contributed by atoms with Gasteiger partial charge in [0.05, 0.1) is 18.5 Å². The van der Waals surface area contributed by atoms with Crippen LogP contribution in [0.25, 0.3) is 0 Å². The molecule has 0 unspecified atom stereocenters. The zero-order valence-corrected chi connectivity index (χ0v) is 11.9. The molecule has 0 aromatic heterocycles. The Morgan fingerprint density at radius 2 is 2.16 bits per heavy atom. The second-order valence-electron chi connectivity index (χ2n) is 5.28. The maximum Gasteiger partial charge on any atom is 0.240 e. The Balaban J connectivity index is 1.84. The van der Waals surface area contributed by atoms with Gasteiger partial charge in [0, 0.05) is 18.8 Å². The van der Waals surface area contributed by atoms with Gasteiger partial charge in [-0.2, -0.15) is 0 Å². The third-order valence-electron chi connectivity index (χ3n) is 3.80. The lowest BCUT2D eigenvalue weighted by Crippen LogP contribution is -2.39. The molecule has 0 saturated heterocycles. The summed E-state index contributed by atoms with van der Waals surface area (Å²) in [5.41, 5.74) is 1.88. The zero-order chi connectivity index (χ0) is 13.7. The van der Waals surface area contributed by atoms with Crippen molar-refractivity contribution in [2.45, 2.75) is 45.1 Å². The molecule has 0 bridgehead atoms. The van der Waals surface area contributed by atoms with Crippen LogP contribution in [0.3, 0.4) is 0 Å². The van der Waals surface area contributed by atoms with Crippen LogP contribution in [0.4, 0.5) is 0 Å². The molecule has 1 saturated carbocycles.